The van der Waals surface area contributed by atoms with Gasteiger partial charge < -0.3 is 5.73 Å². The number of hydrogen-bond donors (Lipinski definition) is 1. The Bertz CT molecular complexity index is 479. The van der Waals surface area contributed by atoms with Gasteiger partial charge in [0, 0.05) is 12.1 Å². The first-order valence-electron chi connectivity index (χ1n) is 8.21. The normalized spacial score (nSPS) is 18.0. The molecule has 1 heterocycles. The van der Waals surface area contributed by atoms with Gasteiger partial charge in [-0.2, -0.15) is 0 Å². The number of piperidine rings is 1. The quantitative estimate of drug-likeness (QED) is 0.859. The van der Waals surface area contributed by atoms with Crippen LogP contribution in [0.1, 0.15) is 50.7 Å². The number of likely N-dealkylation sites (tertiary alicyclic amines) is 1. The number of benzene rings is 1. The van der Waals surface area contributed by atoms with E-state index < -0.39 is 0 Å². The zero-order chi connectivity index (χ0) is 15.1. The molecule has 2 nitrogen and oxygen atoms in total. The molecule has 0 spiro atoms. The van der Waals surface area contributed by atoms with Crippen LogP contribution in [0.5, 0.6) is 0 Å². The minimum Gasteiger partial charge on any atom is -0.320 e. The van der Waals surface area contributed by atoms with E-state index in [4.69, 9.17) is 5.73 Å². The van der Waals surface area contributed by atoms with Crippen LogP contribution in [0, 0.1) is 17.3 Å². The molecule has 21 heavy (non-hydrogen) atoms. The molecule has 1 aliphatic rings. The van der Waals surface area contributed by atoms with E-state index in [-0.39, 0.29) is 0 Å². The van der Waals surface area contributed by atoms with Gasteiger partial charge in [-0.3, -0.25) is 4.90 Å². The van der Waals surface area contributed by atoms with Gasteiger partial charge in [-0.15, -0.1) is 0 Å². The average Bonchev–Trinajstić information content (AvgIpc) is 2.55. The first-order valence-corrected chi connectivity index (χ1v) is 8.21. The lowest BCUT2D eigenvalue weighted by Crippen LogP contribution is -2.39. The zero-order valence-corrected chi connectivity index (χ0v) is 13.5. The van der Waals surface area contributed by atoms with E-state index in [1.165, 1.54) is 44.3 Å². The van der Waals surface area contributed by atoms with Gasteiger partial charge in [0.1, 0.15) is 0 Å². The zero-order valence-electron chi connectivity index (χ0n) is 13.5. The summed E-state index contributed by atoms with van der Waals surface area (Å²) < 4.78 is 0. The van der Waals surface area contributed by atoms with Crippen LogP contribution < -0.4 is 5.73 Å². The molecule has 1 saturated heterocycles. The summed E-state index contributed by atoms with van der Waals surface area (Å²) in [4.78, 5) is 2.59. The molecule has 0 amide bonds. The van der Waals surface area contributed by atoms with Crippen LogP contribution in [0.25, 0.3) is 0 Å². The van der Waals surface area contributed by atoms with Crippen LogP contribution in [-0.4, -0.2) is 24.5 Å². The monoisotopic (exact) mass is 284 g/mol. The van der Waals surface area contributed by atoms with E-state index in [1.807, 2.05) is 0 Å². The largest absolute Gasteiger partial charge is 0.320 e. The van der Waals surface area contributed by atoms with Crippen LogP contribution in [0.2, 0.25) is 0 Å². The van der Waals surface area contributed by atoms with Crippen LogP contribution in [-0.2, 0) is 6.54 Å². The van der Waals surface area contributed by atoms with Gasteiger partial charge in [0.05, 0.1) is 6.54 Å². The molecule has 1 aromatic rings. The molecule has 0 saturated carbocycles. The predicted octanol–water partition coefficient (Wildman–Crippen LogP) is 3.40. The van der Waals surface area contributed by atoms with Gasteiger partial charge >= 0.3 is 0 Å². The second-order valence-electron chi connectivity index (χ2n) is 6.19. The lowest BCUT2D eigenvalue weighted by Gasteiger charge is -2.41. The highest BCUT2D eigenvalue weighted by molar-refractivity contribution is 5.36. The summed E-state index contributed by atoms with van der Waals surface area (Å²) in [6.07, 6.45) is 5.35. The topological polar surface area (TPSA) is 29.3 Å². The Labute approximate surface area is 129 Å². The van der Waals surface area contributed by atoms with E-state index in [0.717, 1.165) is 12.1 Å². The fourth-order valence-corrected chi connectivity index (χ4v) is 3.25. The van der Waals surface area contributed by atoms with E-state index in [0.29, 0.717) is 12.0 Å². The molecule has 2 N–H and O–H groups in total. The molecule has 0 bridgehead atoms. The van der Waals surface area contributed by atoms with Crippen molar-refractivity contribution in [1.82, 2.24) is 4.90 Å². The van der Waals surface area contributed by atoms with Gasteiger partial charge in [-0.1, -0.05) is 50.7 Å². The Balaban J connectivity index is 1.89. The van der Waals surface area contributed by atoms with Crippen molar-refractivity contribution < 1.29 is 0 Å². The molecule has 1 aromatic carbocycles. The van der Waals surface area contributed by atoms with E-state index in [1.54, 1.807) is 0 Å². The summed E-state index contributed by atoms with van der Waals surface area (Å²) in [5.41, 5.74) is 8.44. The summed E-state index contributed by atoms with van der Waals surface area (Å²) in [5.74, 6) is 5.97. The van der Waals surface area contributed by atoms with Crippen molar-refractivity contribution in [3.8, 4) is 11.8 Å². The standard InChI is InChI=1S/C19H28N2/c1-3-19(4-2)11-14-21(15-12-19)16-18-9-7-17(8-10-18)6-5-13-20/h7-10H,3-4,11-16,20H2,1-2H3. The van der Waals surface area contributed by atoms with Gasteiger partial charge in [0.15, 0.2) is 0 Å². The van der Waals surface area contributed by atoms with Gasteiger partial charge in [0.25, 0.3) is 0 Å². The van der Waals surface area contributed by atoms with Crippen molar-refractivity contribution >= 4 is 0 Å². The third kappa shape index (κ3) is 4.33. The first-order chi connectivity index (χ1) is 10.2. The van der Waals surface area contributed by atoms with Gasteiger partial charge in [0.2, 0.25) is 0 Å². The second-order valence-corrected chi connectivity index (χ2v) is 6.19. The number of nitrogens with two attached hydrogens (primary N) is 1. The SMILES string of the molecule is CCC1(CC)CCN(Cc2ccc(C#CCN)cc2)CC1. The Hall–Kier alpha value is -1.30. The fraction of sp³-hybridized carbons (Fsp3) is 0.579. The van der Waals surface area contributed by atoms with Crippen LogP contribution in [0.15, 0.2) is 24.3 Å². The lowest BCUT2D eigenvalue weighted by molar-refractivity contribution is 0.0909. The number of hydrogen-bond acceptors (Lipinski definition) is 2. The van der Waals surface area contributed by atoms with Crippen molar-refractivity contribution in [2.45, 2.75) is 46.1 Å². The highest BCUT2D eigenvalue weighted by Gasteiger charge is 2.30. The molecule has 2 heteroatoms. The van der Waals surface area contributed by atoms with Gasteiger partial charge in [-0.25, -0.2) is 0 Å². The van der Waals surface area contributed by atoms with Crippen LogP contribution in [0.3, 0.4) is 0 Å². The first kappa shape index (κ1) is 16.1. The molecule has 2 rings (SSSR count). The summed E-state index contributed by atoms with van der Waals surface area (Å²) in [7, 11) is 0. The Morgan fingerprint density at radius 3 is 2.24 bits per heavy atom. The summed E-state index contributed by atoms with van der Waals surface area (Å²) in [6, 6.07) is 8.60. The molecule has 0 aliphatic carbocycles. The lowest BCUT2D eigenvalue weighted by atomic mass is 9.74. The maximum atomic E-state index is 5.39. The van der Waals surface area contributed by atoms with Crippen LogP contribution >= 0.6 is 0 Å². The van der Waals surface area contributed by atoms with E-state index in [9.17, 15) is 0 Å². The Morgan fingerprint density at radius 1 is 1.10 bits per heavy atom. The van der Waals surface area contributed by atoms with Crippen molar-refractivity contribution in [3.63, 3.8) is 0 Å². The number of rotatable bonds is 4. The van der Waals surface area contributed by atoms with Gasteiger partial charge in [-0.05, 0) is 49.0 Å². The van der Waals surface area contributed by atoms with E-state index >= 15 is 0 Å². The molecule has 0 radical (unpaired) electrons. The summed E-state index contributed by atoms with van der Waals surface area (Å²) in [5, 5.41) is 0. The fourth-order valence-electron chi connectivity index (χ4n) is 3.25. The second kappa shape index (κ2) is 7.64. The minimum absolute atomic E-state index is 0.423. The highest BCUT2D eigenvalue weighted by atomic mass is 15.1. The third-order valence-corrected chi connectivity index (χ3v) is 5.11. The van der Waals surface area contributed by atoms with Crippen molar-refractivity contribution in [2.75, 3.05) is 19.6 Å². The molecule has 1 aliphatic heterocycles. The maximum Gasteiger partial charge on any atom is 0.0555 e. The smallest absolute Gasteiger partial charge is 0.0555 e. The molecule has 114 valence electrons. The van der Waals surface area contributed by atoms with Crippen molar-refractivity contribution in [1.29, 1.82) is 0 Å². The molecule has 0 atom stereocenters. The number of nitrogens with zero attached hydrogens (tertiary/aromatic N) is 1. The molecular formula is C19H28N2. The molecule has 0 aromatic heterocycles. The van der Waals surface area contributed by atoms with Crippen LogP contribution in [0.4, 0.5) is 0 Å². The Morgan fingerprint density at radius 2 is 1.71 bits per heavy atom. The molecule has 1 fully saturated rings. The third-order valence-electron chi connectivity index (χ3n) is 5.11. The highest BCUT2D eigenvalue weighted by Crippen LogP contribution is 2.38. The minimum atomic E-state index is 0.423. The summed E-state index contributed by atoms with van der Waals surface area (Å²) >= 11 is 0. The molecule has 0 unspecified atom stereocenters. The van der Waals surface area contributed by atoms with Crippen molar-refractivity contribution in [2.24, 2.45) is 11.1 Å². The summed E-state index contributed by atoms with van der Waals surface area (Å²) in [6.45, 7) is 8.65. The van der Waals surface area contributed by atoms with E-state index in [2.05, 4.69) is 54.9 Å². The average molecular weight is 284 g/mol. The molecular weight excluding hydrogens is 256 g/mol. The predicted molar refractivity (Wildman–Crippen MR) is 89.9 cm³/mol. The van der Waals surface area contributed by atoms with Crippen molar-refractivity contribution in [3.05, 3.63) is 35.4 Å². The Kier molecular flexibility index (Phi) is 5.85. The maximum absolute atomic E-state index is 5.39.